The number of aromatic hydroxyl groups is 3. The molecule has 1 aliphatic heterocycles. The molecule has 1 heterocycles. The number of aliphatic hydroxyl groups excluding tert-OH is 3. The van der Waals surface area contributed by atoms with Crippen molar-refractivity contribution in [3.05, 3.63) is 83.4 Å². The third kappa shape index (κ3) is 6.38. The summed E-state index contributed by atoms with van der Waals surface area (Å²) in [6.07, 6.45) is -3.98. The topological polar surface area (TPSA) is 166 Å². The van der Waals surface area contributed by atoms with Crippen molar-refractivity contribution in [2.45, 2.75) is 30.7 Å². The van der Waals surface area contributed by atoms with Gasteiger partial charge in [0.1, 0.15) is 41.3 Å². The van der Waals surface area contributed by atoms with Gasteiger partial charge in [0.2, 0.25) is 6.29 Å². The molecule has 37 heavy (non-hydrogen) atoms. The second kappa shape index (κ2) is 11.3. The zero-order chi connectivity index (χ0) is 26.5. The maximum absolute atomic E-state index is 12.7. The molecule has 10 heteroatoms. The molecule has 0 aromatic heterocycles. The normalized spacial score (nSPS) is 23.6. The van der Waals surface area contributed by atoms with Crippen LogP contribution in [0.4, 0.5) is 0 Å². The first-order valence-electron chi connectivity index (χ1n) is 11.3. The van der Waals surface area contributed by atoms with E-state index in [1.165, 1.54) is 48.5 Å². The Hall–Kier alpha value is -4.09. The number of rotatable bonds is 7. The molecule has 4 rings (SSSR count). The van der Waals surface area contributed by atoms with Gasteiger partial charge in [0.15, 0.2) is 6.10 Å². The average molecular weight is 510 g/mol. The number of aliphatic hydroxyl groups is 3. The number of carbonyl (C=O) groups is 1. The number of phenols is 3. The molecule has 0 radical (unpaired) electrons. The highest BCUT2D eigenvalue weighted by molar-refractivity contribution is 5.89. The van der Waals surface area contributed by atoms with Crippen LogP contribution in [-0.4, -0.2) is 73.9 Å². The van der Waals surface area contributed by atoms with E-state index in [1.807, 2.05) is 0 Å². The van der Waals surface area contributed by atoms with Crippen molar-refractivity contribution in [2.75, 3.05) is 6.61 Å². The quantitative estimate of drug-likeness (QED) is 0.204. The van der Waals surface area contributed by atoms with Gasteiger partial charge in [0, 0.05) is 6.07 Å². The van der Waals surface area contributed by atoms with Crippen LogP contribution in [0.3, 0.4) is 0 Å². The minimum absolute atomic E-state index is 0.0563. The highest BCUT2D eigenvalue weighted by Crippen LogP contribution is 2.30. The first-order chi connectivity index (χ1) is 17.7. The number of phenolic OH excluding ortho intramolecular Hbond substituents is 3. The lowest BCUT2D eigenvalue weighted by Crippen LogP contribution is -2.61. The molecule has 1 saturated heterocycles. The minimum Gasteiger partial charge on any atom is -0.508 e. The predicted molar refractivity (Wildman–Crippen MR) is 131 cm³/mol. The number of carbonyl (C=O) groups excluding carboxylic acids is 1. The summed E-state index contributed by atoms with van der Waals surface area (Å²) >= 11 is 0. The molecule has 1 fully saturated rings. The lowest BCUT2D eigenvalue weighted by Gasteiger charge is -2.41. The summed E-state index contributed by atoms with van der Waals surface area (Å²) in [4.78, 5) is 12.7. The molecule has 0 amide bonds. The SMILES string of the molecule is O=C(OC1C(Oc2cc(O)cc(C=Cc3ccc(O)cc3)c2)OC(CO)C(O)C1O)c1ccc(O)cc1. The summed E-state index contributed by atoms with van der Waals surface area (Å²) in [7, 11) is 0. The molecule has 5 atom stereocenters. The minimum atomic E-state index is -1.66. The molecule has 10 nitrogen and oxygen atoms in total. The summed E-state index contributed by atoms with van der Waals surface area (Å²) in [5.74, 6) is -0.841. The van der Waals surface area contributed by atoms with Crippen molar-refractivity contribution in [2.24, 2.45) is 0 Å². The molecule has 5 unspecified atom stereocenters. The van der Waals surface area contributed by atoms with Crippen LogP contribution in [0.25, 0.3) is 12.2 Å². The molecule has 6 N–H and O–H groups in total. The Morgan fingerprint density at radius 2 is 1.43 bits per heavy atom. The van der Waals surface area contributed by atoms with Crippen molar-refractivity contribution >= 4 is 18.1 Å². The Bertz CT molecular complexity index is 1240. The summed E-state index contributed by atoms with van der Waals surface area (Å²) in [6.45, 7) is -0.641. The summed E-state index contributed by atoms with van der Waals surface area (Å²) < 4.78 is 16.8. The highest BCUT2D eigenvalue weighted by Gasteiger charge is 2.48. The van der Waals surface area contributed by atoms with E-state index in [1.54, 1.807) is 30.4 Å². The van der Waals surface area contributed by atoms with Crippen LogP contribution >= 0.6 is 0 Å². The molecular weight excluding hydrogens is 484 g/mol. The van der Waals surface area contributed by atoms with Gasteiger partial charge in [-0.05, 0) is 59.7 Å². The average Bonchev–Trinajstić information content (AvgIpc) is 2.88. The Balaban J connectivity index is 1.56. The van der Waals surface area contributed by atoms with Crippen LogP contribution in [0.5, 0.6) is 23.0 Å². The first-order valence-corrected chi connectivity index (χ1v) is 11.3. The second-order valence-electron chi connectivity index (χ2n) is 8.43. The molecule has 3 aromatic rings. The van der Waals surface area contributed by atoms with Gasteiger partial charge in [0.25, 0.3) is 0 Å². The molecule has 0 bridgehead atoms. The lowest BCUT2D eigenvalue weighted by atomic mass is 9.99. The van der Waals surface area contributed by atoms with Gasteiger partial charge in [-0.2, -0.15) is 0 Å². The fraction of sp³-hybridized carbons (Fsp3) is 0.222. The van der Waals surface area contributed by atoms with E-state index in [2.05, 4.69) is 0 Å². The van der Waals surface area contributed by atoms with Gasteiger partial charge in [-0.3, -0.25) is 0 Å². The molecule has 194 valence electrons. The number of hydrogen-bond donors (Lipinski definition) is 6. The fourth-order valence-electron chi connectivity index (χ4n) is 3.75. The van der Waals surface area contributed by atoms with E-state index in [0.717, 1.165) is 5.56 Å². The fourth-order valence-corrected chi connectivity index (χ4v) is 3.75. The largest absolute Gasteiger partial charge is 0.508 e. The van der Waals surface area contributed by atoms with E-state index in [9.17, 15) is 35.4 Å². The number of benzene rings is 3. The van der Waals surface area contributed by atoms with E-state index in [4.69, 9.17) is 14.2 Å². The van der Waals surface area contributed by atoms with Crippen molar-refractivity contribution in [1.29, 1.82) is 0 Å². The Morgan fingerprint density at radius 1 is 0.811 bits per heavy atom. The van der Waals surface area contributed by atoms with Gasteiger partial charge >= 0.3 is 5.97 Å². The van der Waals surface area contributed by atoms with E-state index < -0.39 is 43.3 Å². The molecule has 3 aromatic carbocycles. The molecule has 0 saturated carbocycles. The molecule has 0 spiro atoms. The maximum atomic E-state index is 12.7. The maximum Gasteiger partial charge on any atom is 0.338 e. The van der Waals surface area contributed by atoms with Gasteiger partial charge in [-0.25, -0.2) is 4.79 Å². The Labute approximate surface area is 211 Å². The number of esters is 1. The third-order valence-corrected chi connectivity index (χ3v) is 5.70. The number of ether oxygens (including phenoxy) is 3. The Morgan fingerprint density at radius 3 is 2.08 bits per heavy atom. The highest BCUT2D eigenvalue weighted by atomic mass is 16.7. The van der Waals surface area contributed by atoms with Crippen LogP contribution < -0.4 is 4.74 Å². The second-order valence-corrected chi connectivity index (χ2v) is 8.43. The van der Waals surface area contributed by atoms with E-state index in [0.29, 0.717) is 5.56 Å². The third-order valence-electron chi connectivity index (χ3n) is 5.70. The van der Waals surface area contributed by atoms with E-state index >= 15 is 0 Å². The molecule has 1 aliphatic rings. The predicted octanol–water partition coefficient (Wildman–Crippen LogP) is 2.02. The van der Waals surface area contributed by atoms with Gasteiger partial charge < -0.3 is 44.8 Å². The summed E-state index contributed by atoms with van der Waals surface area (Å²) in [5, 5.41) is 59.6. The van der Waals surface area contributed by atoms with Crippen molar-refractivity contribution in [3.8, 4) is 23.0 Å². The van der Waals surface area contributed by atoms with Gasteiger partial charge in [-0.1, -0.05) is 24.3 Å². The molecule has 0 aliphatic carbocycles. The van der Waals surface area contributed by atoms with Gasteiger partial charge in [0.05, 0.1) is 12.2 Å². The van der Waals surface area contributed by atoms with E-state index in [-0.39, 0.29) is 28.6 Å². The van der Waals surface area contributed by atoms with Crippen molar-refractivity contribution in [3.63, 3.8) is 0 Å². The van der Waals surface area contributed by atoms with Gasteiger partial charge in [-0.15, -0.1) is 0 Å². The van der Waals surface area contributed by atoms with Crippen LogP contribution in [0, 0.1) is 0 Å². The van der Waals surface area contributed by atoms with Crippen LogP contribution in [0.1, 0.15) is 21.5 Å². The lowest BCUT2D eigenvalue weighted by molar-refractivity contribution is -0.276. The van der Waals surface area contributed by atoms with Crippen molar-refractivity contribution in [1.82, 2.24) is 0 Å². The number of hydrogen-bond acceptors (Lipinski definition) is 10. The van der Waals surface area contributed by atoms with Crippen LogP contribution in [0.2, 0.25) is 0 Å². The zero-order valence-electron chi connectivity index (χ0n) is 19.4. The van der Waals surface area contributed by atoms with Crippen molar-refractivity contribution < 1.29 is 49.6 Å². The monoisotopic (exact) mass is 510 g/mol. The smallest absolute Gasteiger partial charge is 0.338 e. The van der Waals surface area contributed by atoms with Crippen LogP contribution in [0.15, 0.2) is 66.7 Å². The van der Waals surface area contributed by atoms with Crippen LogP contribution in [-0.2, 0) is 9.47 Å². The zero-order valence-corrected chi connectivity index (χ0v) is 19.4. The molecular formula is C27H26O10. The standard InChI is InChI=1S/C27H26O10/c28-14-22-23(32)24(33)25(37-26(34)17-5-9-19(30)10-6-17)27(36-22)35-21-12-16(11-20(31)13-21)2-1-15-3-7-18(29)8-4-15/h1-13,22-25,27-33H,14H2. The summed E-state index contributed by atoms with van der Waals surface area (Å²) in [5.41, 5.74) is 1.40. The first kappa shape index (κ1) is 26.0. The Kier molecular flexibility index (Phi) is 7.95. The summed E-state index contributed by atoms with van der Waals surface area (Å²) in [6, 6.07) is 16.0.